The van der Waals surface area contributed by atoms with Gasteiger partial charge in [0.15, 0.2) is 0 Å². The molecule has 4 aromatic carbocycles. The molecule has 0 amide bonds. The van der Waals surface area contributed by atoms with Gasteiger partial charge in [-0.15, -0.1) is 5.11 Å². The summed E-state index contributed by atoms with van der Waals surface area (Å²) in [5.41, 5.74) is 4.25. The van der Waals surface area contributed by atoms with Crippen molar-refractivity contribution < 1.29 is 137 Å². The molecule has 0 unspecified atom stereocenters. The van der Waals surface area contributed by atoms with E-state index in [1.807, 2.05) is 0 Å². The summed E-state index contributed by atoms with van der Waals surface area (Å²) in [6, 6.07) is 11.5. The first-order valence-corrected chi connectivity index (χ1v) is 15.2. The van der Waals surface area contributed by atoms with E-state index in [1.165, 1.54) is 19.2 Å². The number of fused-ring (bicyclic) bond motifs is 1. The molecule has 15 nitrogen and oxygen atoms in total. The Morgan fingerprint density at radius 2 is 1.43 bits per heavy atom. The van der Waals surface area contributed by atoms with Crippen LogP contribution in [0.2, 0.25) is 0 Å². The van der Waals surface area contributed by atoms with Crippen LogP contribution in [0.25, 0.3) is 10.8 Å². The minimum absolute atomic E-state index is 0. The number of hydrogen-bond donors (Lipinski definition) is 3. The summed E-state index contributed by atoms with van der Waals surface area (Å²) in [5, 5.41) is 22.3. The van der Waals surface area contributed by atoms with Gasteiger partial charge in [-0.25, -0.2) is 16.8 Å². The normalized spacial score (nSPS) is 11.7. The van der Waals surface area contributed by atoms with Gasteiger partial charge in [-0.2, -0.15) is 13.5 Å². The number of rotatable bonds is 8. The van der Waals surface area contributed by atoms with Crippen molar-refractivity contribution in [2.75, 3.05) is 18.2 Å². The third-order valence-electron chi connectivity index (χ3n) is 5.57. The second kappa shape index (κ2) is 15.5. The van der Waals surface area contributed by atoms with E-state index in [1.54, 1.807) is 24.3 Å². The Balaban J connectivity index is 0.00000323. The summed E-state index contributed by atoms with van der Waals surface area (Å²) >= 11 is 0. The van der Waals surface area contributed by atoms with Crippen LogP contribution in [0, 0.1) is 0 Å². The molecule has 0 spiro atoms. The zero-order chi connectivity index (χ0) is 30.3. The van der Waals surface area contributed by atoms with Crippen molar-refractivity contribution in [3.8, 4) is 11.5 Å². The molecule has 21 heteroatoms. The van der Waals surface area contributed by atoms with Crippen molar-refractivity contribution in [3.05, 3.63) is 60.7 Å². The van der Waals surface area contributed by atoms with E-state index in [0.29, 0.717) is 29.6 Å². The molecule has 216 valence electrons. The third kappa shape index (κ3) is 9.36. The predicted molar refractivity (Wildman–Crippen MR) is 140 cm³/mol. The molecule has 0 bridgehead atoms. The molecule has 4 N–H and O–H groups in total. The van der Waals surface area contributed by atoms with Gasteiger partial charge in [-0.3, -0.25) is 4.55 Å². The number of azo groups is 1. The molecule has 0 aliphatic rings. The molecular formula is C23H17N4Na3O11S3. The number of ether oxygens (including phenoxy) is 1. The van der Waals surface area contributed by atoms with Crippen molar-refractivity contribution >= 4 is 69.6 Å². The van der Waals surface area contributed by atoms with Gasteiger partial charge in [0.2, 0.25) is 0 Å². The number of methoxy groups -OCH3 is 1. The maximum atomic E-state index is 13.1. The topological polar surface area (TPSA) is 264 Å². The van der Waals surface area contributed by atoms with Crippen LogP contribution >= 0.6 is 0 Å². The van der Waals surface area contributed by atoms with E-state index < -0.39 is 72.9 Å². The quantitative estimate of drug-likeness (QED) is 0.0673. The summed E-state index contributed by atoms with van der Waals surface area (Å²) in [4.78, 5) is -2.71. The number of nitrogen functional groups attached to an aromatic ring is 1. The number of nitrogens with two attached hydrogens (primary N) is 1. The van der Waals surface area contributed by atoms with Gasteiger partial charge in [-0.05, 0) is 71.4 Å². The summed E-state index contributed by atoms with van der Waals surface area (Å²) in [5.74, 6) is -0.683. The van der Waals surface area contributed by atoms with Gasteiger partial charge < -0.3 is 30.0 Å². The van der Waals surface area contributed by atoms with Gasteiger partial charge in [-0.1, -0.05) is 5.75 Å². The van der Waals surface area contributed by atoms with Crippen molar-refractivity contribution in [2.24, 2.45) is 10.2 Å². The first kappa shape index (κ1) is 40.7. The van der Waals surface area contributed by atoms with Gasteiger partial charge in [0.25, 0.3) is 10.1 Å². The molecule has 4 aromatic rings. The predicted octanol–water partition coefficient (Wildman–Crippen LogP) is -6.27. The molecule has 44 heavy (non-hydrogen) atoms. The molecule has 0 fully saturated rings. The summed E-state index contributed by atoms with van der Waals surface area (Å²) in [6.07, 6.45) is 0. The molecule has 4 rings (SSSR count). The Morgan fingerprint density at radius 1 is 0.818 bits per heavy atom. The first-order chi connectivity index (χ1) is 19.0. The van der Waals surface area contributed by atoms with Gasteiger partial charge in [0, 0.05) is 11.4 Å². The third-order valence-corrected chi connectivity index (χ3v) is 8.13. The smallest absolute Gasteiger partial charge is 0.870 e. The average molecular weight is 691 g/mol. The number of hydrogen-bond acceptors (Lipinski definition) is 14. The number of anilines is 3. The minimum atomic E-state index is -5.18. The fraction of sp³-hybridized carbons (Fsp3) is 0.0435. The van der Waals surface area contributed by atoms with E-state index in [0.717, 1.165) is 6.07 Å². The number of nitrogens with zero attached hydrogens (tertiary/aromatic N) is 2. The molecular weight excluding hydrogens is 673 g/mol. The van der Waals surface area contributed by atoms with Crippen LogP contribution < -0.4 is 110 Å². The molecule has 0 atom stereocenters. The molecule has 0 saturated carbocycles. The van der Waals surface area contributed by atoms with Crippen LogP contribution in [0.15, 0.2) is 85.6 Å². The molecule has 0 aliphatic heterocycles. The van der Waals surface area contributed by atoms with Crippen molar-refractivity contribution in [2.45, 2.75) is 14.7 Å². The number of benzene rings is 4. The number of nitrogens with one attached hydrogen (secondary N) is 1. The maximum absolute atomic E-state index is 13.1. The van der Waals surface area contributed by atoms with E-state index in [4.69, 9.17) is 10.5 Å². The van der Waals surface area contributed by atoms with Crippen molar-refractivity contribution in [1.82, 2.24) is 0 Å². The molecule has 0 heterocycles. The largest absolute Gasteiger partial charge is 1.00 e. The van der Waals surface area contributed by atoms with Crippen LogP contribution in [0.1, 0.15) is 0 Å². The van der Waals surface area contributed by atoms with Gasteiger partial charge in [0.1, 0.15) is 30.9 Å². The summed E-state index contributed by atoms with van der Waals surface area (Å²) in [7, 11) is -13.9. The Morgan fingerprint density at radius 3 is 1.95 bits per heavy atom. The van der Waals surface area contributed by atoms with Gasteiger partial charge in [0.05, 0.1) is 34.0 Å². The summed E-state index contributed by atoms with van der Waals surface area (Å²) in [6.45, 7) is 0. The zero-order valence-corrected chi connectivity index (χ0v) is 31.9. The summed E-state index contributed by atoms with van der Waals surface area (Å²) < 4.78 is 109. The molecule has 0 aliphatic carbocycles. The van der Waals surface area contributed by atoms with E-state index in [9.17, 15) is 44.0 Å². The maximum Gasteiger partial charge on any atom is 1.00 e. The standard InChI is InChI=1S/C23H20N4O11S3.3Na/c1-38-15-5-2-13(3-6-15)25-18-7-4-14(10-19(18)40(32,33)34)26-27-22-20(41(35,36)37)9-12-8-16(39(29,30)31)11-17(24)21(12)23(22)28;;;/h2-11,25,28H,24H2,1H3,(H,29,30,31)(H,32,33,34)(H,35,36,37);;;/q;3*+1/p-3. The minimum Gasteiger partial charge on any atom is -0.870 e. The van der Waals surface area contributed by atoms with E-state index >= 15 is 0 Å². The van der Waals surface area contributed by atoms with Crippen LogP contribution in [-0.2, 0) is 30.4 Å². The fourth-order valence-corrected chi connectivity index (χ4v) is 5.58. The Hall–Kier alpha value is -1.33. The second-order valence-corrected chi connectivity index (χ2v) is 12.4. The first-order valence-electron chi connectivity index (χ1n) is 10.9. The Bertz CT molecular complexity index is 2060. The fourth-order valence-electron chi connectivity index (χ4n) is 3.73. The Labute approximate surface area is 318 Å². The SMILES string of the molecule is COc1ccc(Nc2ccc(N=Nc3c(S(=O)(=O)O)cc4cc(S(=O)(=O)[O-])cc(N)c4c3[O-])cc2S(=O)(=O)[O-])cc1.[Na+].[Na+].[Na+]. The van der Waals surface area contributed by atoms with Crippen molar-refractivity contribution in [3.63, 3.8) is 0 Å². The monoisotopic (exact) mass is 690 g/mol. The molecule has 0 saturated heterocycles. The molecule has 0 aromatic heterocycles. The Kier molecular flexibility index (Phi) is 14.3. The average Bonchev–Trinajstić information content (AvgIpc) is 2.87. The second-order valence-electron chi connectivity index (χ2n) is 8.28. The van der Waals surface area contributed by atoms with Gasteiger partial charge >= 0.3 is 88.7 Å². The van der Waals surface area contributed by atoms with Crippen LogP contribution in [0.4, 0.5) is 28.4 Å². The van der Waals surface area contributed by atoms with E-state index in [2.05, 4.69) is 15.5 Å². The van der Waals surface area contributed by atoms with E-state index in [-0.39, 0.29) is 100 Å². The van der Waals surface area contributed by atoms with Crippen LogP contribution in [-0.4, -0.2) is 46.0 Å². The van der Waals surface area contributed by atoms with Crippen LogP contribution in [0.3, 0.4) is 0 Å². The zero-order valence-electron chi connectivity index (χ0n) is 23.5. The molecule has 0 radical (unpaired) electrons. The van der Waals surface area contributed by atoms with Crippen LogP contribution in [0.5, 0.6) is 11.5 Å². The van der Waals surface area contributed by atoms with Crippen molar-refractivity contribution in [1.29, 1.82) is 0 Å².